The van der Waals surface area contributed by atoms with Crippen molar-refractivity contribution in [1.82, 2.24) is 14.5 Å². The van der Waals surface area contributed by atoms with Gasteiger partial charge in [0.1, 0.15) is 0 Å². The fourth-order valence-electron chi connectivity index (χ4n) is 6.26. The third kappa shape index (κ3) is 3.65. The average molecular weight is 487 g/mol. The van der Waals surface area contributed by atoms with Crippen molar-refractivity contribution in [3.05, 3.63) is 96.3 Å². The summed E-state index contributed by atoms with van der Waals surface area (Å²) < 4.78 is 2.32. The van der Waals surface area contributed by atoms with Gasteiger partial charge >= 0.3 is 0 Å². The minimum atomic E-state index is -0.397. The molecule has 1 N–H and O–H groups in total. The van der Waals surface area contributed by atoms with E-state index in [0.29, 0.717) is 0 Å². The van der Waals surface area contributed by atoms with Gasteiger partial charge in [0.05, 0.1) is 10.9 Å². The van der Waals surface area contributed by atoms with Crippen LogP contribution in [0.2, 0.25) is 0 Å². The number of anilines is 1. The summed E-state index contributed by atoms with van der Waals surface area (Å²) in [6.07, 6.45) is 5.77. The molecule has 2 aliphatic rings. The zero-order valence-corrected chi connectivity index (χ0v) is 21.1. The number of hydrogen-bond donors (Lipinski definition) is 1. The van der Waals surface area contributed by atoms with Crippen molar-refractivity contribution >= 4 is 33.4 Å². The van der Waals surface area contributed by atoms with Crippen molar-refractivity contribution in [1.29, 1.82) is 0 Å². The highest BCUT2D eigenvalue weighted by atomic mass is 16.2. The molecule has 3 aromatic carbocycles. The molecule has 1 saturated heterocycles. The molecule has 2 aliphatic heterocycles. The van der Waals surface area contributed by atoms with Crippen LogP contribution in [-0.4, -0.2) is 40.0 Å². The number of carbonyl (C=O) groups is 1. The van der Waals surface area contributed by atoms with E-state index in [9.17, 15) is 4.79 Å². The minimum Gasteiger partial charge on any atom is -0.343 e. The van der Waals surface area contributed by atoms with Gasteiger partial charge in [0.25, 0.3) is 0 Å². The second kappa shape index (κ2) is 8.56. The highest BCUT2D eigenvalue weighted by molar-refractivity contribution is 6.07. The molecular weight excluding hydrogens is 456 g/mol. The highest BCUT2D eigenvalue weighted by Gasteiger charge is 2.48. The molecule has 0 bridgehead atoms. The Kier molecular flexibility index (Phi) is 5.15. The van der Waals surface area contributed by atoms with Gasteiger partial charge in [-0.15, -0.1) is 0 Å². The van der Waals surface area contributed by atoms with Gasteiger partial charge in [-0.3, -0.25) is 9.78 Å². The largest absolute Gasteiger partial charge is 0.343 e. The fourth-order valence-corrected chi connectivity index (χ4v) is 6.26. The van der Waals surface area contributed by atoms with Crippen molar-refractivity contribution in [2.75, 3.05) is 25.0 Å². The first-order valence-electron chi connectivity index (χ1n) is 13.2. The lowest BCUT2D eigenvalue weighted by Crippen LogP contribution is -2.46. The topological polar surface area (TPSA) is 50.2 Å². The predicted octanol–water partition coefficient (Wildman–Crippen LogP) is 6.21. The van der Waals surface area contributed by atoms with Crippen molar-refractivity contribution in [2.45, 2.75) is 31.7 Å². The van der Waals surface area contributed by atoms with Crippen LogP contribution >= 0.6 is 0 Å². The molecule has 184 valence electrons. The third-order valence-electron chi connectivity index (χ3n) is 8.50. The molecule has 5 nitrogen and oxygen atoms in total. The van der Waals surface area contributed by atoms with Crippen LogP contribution in [0.5, 0.6) is 0 Å². The number of hydrogen-bond acceptors (Lipinski definition) is 3. The second-order valence-corrected chi connectivity index (χ2v) is 10.5. The number of rotatable bonds is 4. The number of likely N-dealkylation sites (tertiary alicyclic amines) is 1. The molecule has 1 amide bonds. The number of benzene rings is 3. The van der Waals surface area contributed by atoms with Gasteiger partial charge in [0.2, 0.25) is 5.91 Å². The Hall–Kier alpha value is -3.96. The Bertz CT molecular complexity index is 1660. The maximum Gasteiger partial charge on any atom is 0.235 e. The van der Waals surface area contributed by atoms with Crippen molar-refractivity contribution in [3.63, 3.8) is 0 Å². The van der Waals surface area contributed by atoms with Gasteiger partial charge in [-0.05, 0) is 103 Å². The first-order valence-corrected chi connectivity index (χ1v) is 13.2. The number of aromatic nitrogens is 2. The molecular formula is C32H30N4O. The van der Waals surface area contributed by atoms with Gasteiger partial charge in [0.15, 0.2) is 0 Å². The monoisotopic (exact) mass is 486 g/mol. The van der Waals surface area contributed by atoms with E-state index in [-0.39, 0.29) is 5.91 Å². The zero-order chi connectivity index (χ0) is 25.0. The van der Waals surface area contributed by atoms with Gasteiger partial charge in [0, 0.05) is 35.5 Å². The van der Waals surface area contributed by atoms with Crippen LogP contribution in [0.25, 0.3) is 32.9 Å². The number of nitrogens with one attached hydrogen (secondary N) is 1. The van der Waals surface area contributed by atoms with E-state index in [0.717, 1.165) is 55.6 Å². The van der Waals surface area contributed by atoms with Crippen molar-refractivity contribution in [2.24, 2.45) is 0 Å². The van der Waals surface area contributed by atoms with Gasteiger partial charge in [-0.2, -0.15) is 0 Å². The lowest BCUT2D eigenvalue weighted by atomic mass is 9.73. The lowest BCUT2D eigenvalue weighted by molar-refractivity contribution is -0.122. The summed E-state index contributed by atoms with van der Waals surface area (Å²) in [5.74, 6) is 0.172. The van der Waals surface area contributed by atoms with Gasteiger partial charge in [-0.1, -0.05) is 37.3 Å². The van der Waals surface area contributed by atoms with E-state index in [2.05, 4.69) is 99.6 Å². The number of piperidine rings is 1. The quantitative estimate of drug-likeness (QED) is 0.329. The number of amides is 1. The third-order valence-corrected chi connectivity index (χ3v) is 8.50. The molecule has 7 rings (SSSR count). The highest BCUT2D eigenvalue weighted by Crippen LogP contribution is 2.46. The first kappa shape index (κ1) is 22.3. The van der Waals surface area contributed by atoms with E-state index in [4.69, 9.17) is 0 Å². The smallest absolute Gasteiger partial charge is 0.235 e. The van der Waals surface area contributed by atoms with Crippen LogP contribution in [0.15, 0.2) is 85.2 Å². The average Bonchev–Trinajstić information content (AvgIpc) is 3.46. The SMILES string of the molecule is CCN1CCC2(CC1)C(=O)Nc1ccc(-c3ccc4ccn(Cc5ccc6ncccc6c5)c4c3)cc12. The van der Waals surface area contributed by atoms with Gasteiger partial charge in [-0.25, -0.2) is 0 Å². The summed E-state index contributed by atoms with van der Waals surface area (Å²) >= 11 is 0. The molecule has 1 spiro atoms. The maximum absolute atomic E-state index is 13.2. The van der Waals surface area contributed by atoms with Crippen LogP contribution in [0.3, 0.4) is 0 Å². The van der Waals surface area contributed by atoms with Crippen molar-refractivity contribution < 1.29 is 4.79 Å². The van der Waals surface area contributed by atoms with Crippen LogP contribution in [0.4, 0.5) is 5.69 Å². The molecule has 0 atom stereocenters. The number of carbonyl (C=O) groups excluding carboxylic acids is 1. The number of nitrogens with zero attached hydrogens (tertiary/aromatic N) is 3. The second-order valence-electron chi connectivity index (χ2n) is 10.5. The summed E-state index contributed by atoms with van der Waals surface area (Å²) in [4.78, 5) is 20.0. The zero-order valence-electron chi connectivity index (χ0n) is 21.1. The van der Waals surface area contributed by atoms with E-state index in [1.165, 1.54) is 33.2 Å². The molecule has 1 fully saturated rings. The summed E-state index contributed by atoms with van der Waals surface area (Å²) in [5, 5.41) is 5.57. The Labute approximate surface area is 216 Å². The van der Waals surface area contributed by atoms with E-state index < -0.39 is 5.41 Å². The van der Waals surface area contributed by atoms with E-state index in [1.54, 1.807) is 0 Å². The molecule has 0 aliphatic carbocycles. The molecule has 0 saturated carbocycles. The van der Waals surface area contributed by atoms with E-state index in [1.807, 2.05) is 12.3 Å². The summed E-state index contributed by atoms with van der Waals surface area (Å²) in [5.41, 5.74) is 7.59. The summed E-state index contributed by atoms with van der Waals surface area (Å²) in [6.45, 7) is 5.98. The normalized spacial score (nSPS) is 16.9. The lowest BCUT2D eigenvalue weighted by Gasteiger charge is -2.37. The van der Waals surface area contributed by atoms with E-state index >= 15 is 0 Å². The van der Waals surface area contributed by atoms with Crippen LogP contribution < -0.4 is 5.32 Å². The molecule has 2 aromatic heterocycles. The Morgan fingerprint density at radius 3 is 2.62 bits per heavy atom. The number of fused-ring (bicyclic) bond motifs is 4. The molecule has 37 heavy (non-hydrogen) atoms. The Balaban J connectivity index is 1.24. The summed E-state index contributed by atoms with van der Waals surface area (Å²) in [7, 11) is 0. The summed E-state index contributed by atoms with van der Waals surface area (Å²) in [6, 6.07) is 26.0. The minimum absolute atomic E-state index is 0.172. The van der Waals surface area contributed by atoms with Crippen LogP contribution in [-0.2, 0) is 16.8 Å². The Morgan fingerprint density at radius 2 is 1.76 bits per heavy atom. The standard InChI is InChI=1S/C32H30N4O/c1-2-35-16-12-32(13-17-35)27-19-24(8-10-29(27)34-31(32)37)25-7-6-23-11-15-36(30(23)20-25)21-22-5-9-28-26(18-22)4-3-14-33-28/h3-11,14-15,18-20H,2,12-13,16-17,21H2,1H3,(H,34,37). The molecule has 5 aromatic rings. The Morgan fingerprint density at radius 1 is 0.919 bits per heavy atom. The van der Waals surface area contributed by atoms with Crippen LogP contribution in [0, 0.1) is 0 Å². The molecule has 0 radical (unpaired) electrons. The van der Waals surface area contributed by atoms with Crippen molar-refractivity contribution in [3.8, 4) is 11.1 Å². The molecule has 0 unspecified atom stereocenters. The predicted molar refractivity (Wildman–Crippen MR) is 150 cm³/mol. The molecule has 4 heterocycles. The maximum atomic E-state index is 13.2. The number of pyridine rings is 1. The molecule has 5 heteroatoms. The first-order chi connectivity index (χ1) is 18.1. The van der Waals surface area contributed by atoms with Crippen LogP contribution in [0.1, 0.15) is 30.9 Å². The van der Waals surface area contributed by atoms with Gasteiger partial charge < -0.3 is 14.8 Å². The fraction of sp³-hybridized carbons (Fsp3) is 0.250.